The summed E-state index contributed by atoms with van der Waals surface area (Å²) in [6, 6.07) is 13.8. The van der Waals surface area contributed by atoms with Crippen LogP contribution in [0.1, 0.15) is 23.2 Å². The molecule has 0 aliphatic rings. The van der Waals surface area contributed by atoms with E-state index in [0.29, 0.717) is 5.69 Å². The lowest BCUT2D eigenvalue weighted by Crippen LogP contribution is -2.22. The number of carbonyl (C=O) groups excluding carboxylic acids is 2. The fraction of sp³-hybridized carbons (Fsp3) is 0.261. The molecule has 3 rings (SSSR count). The zero-order valence-electron chi connectivity index (χ0n) is 17.6. The monoisotopic (exact) mass is 456 g/mol. The first-order valence-corrected chi connectivity index (χ1v) is 11.5. The lowest BCUT2D eigenvalue weighted by Gasteiger charge is -2.09. The van der Waals surface area contributed by atoms with Crippen molar-refractivity contribution in [2.75, 3.05) is 11.9 Å². The van der Waals surface area contributed by atoms with Crippen LogP contribution in [0.4, 0.5) is 5.69 Å². The second kappa shape index (κ2) is 10.5. The molecule has 0 saturated carbocycles. The van der Waals surface area contributed by atoms with Gasteiger partial charge in [0.1, 0.15) is 0 Å². The Labute approximate surface area is 189 Å². The van der Waals surface area contributed by atoms with Gasteiger partial charge in [-0.25, -0.2) is 0 Å². The number of aryl methyl sites for hydroxylation is 3. The number of esters is 1. The van der Waals surface area contributed by atoms with Crippen LogP contribution in [-0.2, 0) is 20.9 Å². The molecular formula is C23H24N2O4S2. The van der Waals surface area contributed by atoms with Crippen LogP contribution in [0, 0.1) is 20.8 Å². The van der Waals surface area contributed by atoms with Crippen molar-refractivity contribution in [3.63, 3.8) is 0 Å². The molecule has 0 aliphatic carbocycles. The molecule has 8 heteroatoms. The summed E-state index contributed by atoms with van der Waals surface area (Å²) >= 11 is 2.75. The van der Waals surface area contributed by atoms with E-state index in [9.17, 15) is 14.4 Å². The number of thiazole rings is 1. The molecule has 0 fully saturated rings. The van der Waals surface area contributed by atoms with Gasteiger partial charge in [-0.15, -0.1) is 0 Å². The molecule has 31 heavy (non-hydrogen) atoms. The van der Waals surface area contributed by atoms with Crippen LogP contribution in [0.2, 0.25) is 0 Å². The van der Waals surface area contributed by atoms with Crippen molar-refractivity contribution >= 4 is 40.7 Å². The summed E-state index contributed by atoms with van der Waals surface area (Å²) < 4.78 is 6.53. The van der Waals surface area contributed by atoms with E-state index in [-0.39, 0.29) is 24.4 Å². The molecule has 162 valence electrons. The lowest BCUT2D eigenvalue weighted by atomic mass is 10.1. The number of hydrogen-bond acceptors (Lipinski definition) is 6. The van der Waals surface area contributed by atoms with Crippen molar-refractivity contribution in [1.29, 1.82) is 0 Å². The van der Waals surface area contributed by atoms with Crippen LogP contribution in [0.3, 0.4) is 0 Å². The highest BCUT2D eigenvalue weighted by Gasteiger charge is 2.10. The third-order valence-corrected chi connectivity index (χ3v) is 6.61. The van der Waals surface area contributed by atoms with Gasteiger partial charge in [-0.3, -0.25) is 14.4 Å². The highest BCUT2D eigenvalue weighted by Crippen LogP contribution is 2.29. The zero-order valence-corrected chi connectivity index (χ0v) is 19.3. The number of carbonyl (C=O) groups is 2. The van der Waals surface area contributed by atoms with Gasteiger partial charge >= 0.3 is 10.8 Å². The summed E-state index contributed by atoms with van der Waals surface area (Å²) in [7, 11) is 0. The first-order chi connectivity index (χ1) is 14.8. The molecule has 1 N–H and O–H groups in total. The second-order valence-corrected chi connectivity index (χ2v) is 9.09. The number of aromatic nitrogens is 1. The maximum atomic E-state index is 12.1. The number of anilines is 1. The molecule has 1 heterocycles. The van der Waals surface area contributed by atoms with E-state index >= 15 is 0 Å². The van der Waals surface area contributed by atoms with Crippen molar-refractivity contribution in [2.24, 2.45) is 0 Å². The van der Waals surface area contributed by atoms with Gasteiger partial charge in [0.15, 0.2) is 6.61 Å². The molecule has 2 aromatic carbocycles. The molecule has 0 atom stereocenters. The van der Waals surface area contributed by atoms with Crippen LogP contribution >= 0.6 is 23.1 Å². The average Bonchev–Trinajstić information content (AvgIpc) is 3.06. The van der Waals surface area contributed by atoms with Gasteiger partial charge in [0.25, 0.3) is 5.91 Å². The van der Waals surface area contributed by atoms with Crippen molar-refractivity contribution in [3.05, 3.63) is 74.3 Å². The van der Waals surface area contributed by atoms with Gasteiger partial charge in [-0.1, -0.05) is 29.2 Å². The Bertz CT molecular complexity index is 1130. The third-order valence-electron chi connectivity index (χ3n) is 4.73. The normalized spacial score (nSPS) is 10.7. The van der Waals surface area contributed by atoms with E-state index in [0.717, 1.165) is 26.8 Å². The van der Waals surface area contributed by atoms with Gasteiger partial charge in [0.2, 0.25) is 0 Å². The smallest absolute Gasteiger partial charge is 0.308 e. The van der Waals surface area contributed by atoms with Crippen LogP contribution in [0.5, 0.6) is 0 Å². The molecule has 3 aromatic rings. The van der Waals surface area contributed by atoms with E-state index in [1.807, 2.05) is 31.2 Å². The largest absolute Gasteiger partial charge is 0.456 e. The van der Waals surface area contributed by atoms with E-state index in [2.05, 4.69) is 37.4 Å². The molecule has 0 saturated heterocycles. The van der Waals surface area contributed by atoms with E-state index in [1.54, 1.807) is 17.1 Å². The van der Waals surface area contributed by atoms with Crippen LogP contribution in [0.25, 0.3) is 0 Å². The maximum Gasteiger partial charge on any atom is 0.308 e. The van der Waals surface area contributed by atoms with Gasteiger partial charge in [-0.2, -0.15) is 0 Å². The van der Waals surface area contributed by atoms with Crippen LogP contribution < -0.4 is 10.2 Å². The Hall–Kier alpha value is -2.84. The predicted octanol–water partition coefficient (Wildman–Crippen LogP) is 4.56. The Morgan fingerprint density at radius 1 is 1.03 bits per heavy atom. The Morgan fingerprint density at radius 3 is 2.39 bits per heavy atom. The maximum absolute atomic E-state index is 12.1. The molecule has 0 spiro atoms. The molecule has 1 amide bonds. The Kier molecular flexibility index (Phi) is 7.70. The van der Waals surface area contributed by atoms with Crippen molar-refractivity contribution in [2.45, 2.75) is 43.5 Å². The first kappa shape index (κ1) is 22.8. The summed E-state index contributed by atoms with van der Waals surface area (Å²) in [6.45, 7) is 5.87. The number of amides is 1. The molecular weight excluding hydrogens is 432 g/mol. The highest BCUT2D eigenvalue weighted by atomic mass is 32.2. The predicted molar refractivity (Wildman–Crippen MR) is 124 cm³/mol. The molecule has 1 aromatic heterocycles. The topological polar surface area (TPSA) is 77.4 Å². The minimum Gasteiger partial charge on any atom is -0.456 e. The quantitative estimate of drug-likeness (QED) is 0.503. The van der Waals surface area contributed by atoms with Crippen LogP contribution in [-0.4, -0.2) is 23.1 Å². The van der Waals surface area contributed by atoms with Gasteiger partial charge in [0, 0.05) is 33.1 Å². The van der Waals surface area contributed by atoms with Gasteiger partial charge in [-0.05, 0) is 68.3 Å². The number of benzene rings is 2. The van der Waals surface area contributed by atoms with E-state index in [4.69, 9.17) is 4.74 Å². The number of nitrogens with one attached hydrogen (secondary N) is 1. The average molecular weight is 457 g/mol. The summed E-state index contributed by atoms with van der Waals surface area (Å²) in [4.78, 5) is 37.7. The SMILES string of the molecule is Cc1ccc(Sc2ccc(NC(=O)COC(=O)CCn3c(C)csc3=O)cc2)cc1C. The summed E-state index contributed by atoms with van der Waals surface area (Å²) in [5.74, 6) is -0.931. The first-order valence-electron chi connectivity index (χ1n) is 9.77. The fourth-order valence-electron chi connectivity index (χ4n) is 2.81. The summed E-state index contributed by atoms with van der Waals surface area (Å²) in [5, 5.41) is 4.46. The lowest BCUT2D eigenvalue weighted by molar-refractivity contribution is -0.147. The highest BCUT2D eigenvalue weighted by molar-refractivity contribution is 7.99. The van der Waals surface area contributed by atoms with E-state index < -0.39 is 11.9 Å². The van der Waals surface area contributed by atoms with Crippen molar-refractivity contribution in [1.82, 2.24) is 4.57 Å². The van der Waals surface area contributed by atoms with Gasteiger partial charge in [0.05, 0.1) is 6.42 Å². The van der Waals surface area contributed by atoms with Crippen LogP contribution in [0.15, 0.2) is 62.4 Å². The fourth-order valence-corrected chi connectivity index (χ4v) is 4.49. The Balaban J connectivity index is 1.44. The summed E-state index contributed by atoms with van der Waals surface area (Å²) in [5.41, 5.74) is 3.95. The summed E-state index contributed by atoms with van der Waals surface area (Å²) in [6.07, 6.45) is 0.0369. The Morgan fingerprint density at radius 2 is 1.74 bits per heavy atom. The zero-order chi connectivity index (χ0) is 22.4. The molecule has 0 bridgehead atoms. The van der Waals surface area contributed by atoms with Gasteiger partial charge < -0.3 is 14.6 Å². The molecule has 0 aliphatic heterocycles. The number of rotatable bonds is 8. The minimum atomic E-state index is -0.521. The standard InChI is InChI=1S/C23H24N2O4S2/c1-15-4-7-20(12-16(15)2)31-19-8-5-18(6-9-19)24-21(26)13-29-22(27)10-11-25-17(3)14-30-23(25)28/h4-9,12,14H,10-11,13H2,1-3H3,(H,24,26). The van der Waals surface area contributed by atoms with E-state index in [1.165, 1.54) is 15.7 Å². The van der Waals surface area contributed by atoms with Crippen molar-refractivity contribution < 1.29 is 14.3 Å². The minimum absolute atomic E-state index is 0.0369. The second-order valence-electron chi connectivity index (χ2n) is 7.13. The third kappa shape index (κ3) is 6.57. The number of ether oxygens (including phenoxy) is 1. The number of nitrogens with zero attached hydrogens (tertiary/aromatic N) is 1. The molecule has 6 nitrogen and oxygen atoms in total. The number of hydrogen-bond donors (Lipinski definition) is 1. The van der Waals surface area contributed by atoms with Crippen molar-refractivity contribution in [3.8, 4) is 0 Å². The molecule has 0 unspecified atom stereocenters. The molecule has 0 radical (unpaired) electrons.